The van der Waals surface area contributed by atoms with Crippen LogP contribution < -0.4 is 10.0 Å². The average molecular weight is 458 g/mol. The first-order valence-corrected chi connectivity index (χ1v) is 11.4. The Morgan fingerprint density at radius 2 is 1.97 bits per heavy atom. The van der Waals surface area contributed by atoms with E-state index in [0.29, 0.717) is 12.3 Å². The maximum atomic E-state index is 13.9. The van der Waals surface area contributed by atoms with Crippen LogP contribution in [-0.2, 0) is 14.8 Å². The van der Waals surface area contributed by atoms with Crippen LogP contribution in [0, 0.1) is 5.82 Å². The summed E-state index contributed by atoms with van der Waals surface area (Å²) in [5.74, 6) is -0.618. The molecule has 0 radical (unpaired) electrons. The second-order valence-corrected chi connectivity index (χ2v) is 9.26. The van der Waals surface area contributed by atoms with E-state index in [1.165, 1.54) is 42.1 Å². The number of sulfonamides is 1. The number of halogens is 2. The van der Waals surface area contributed by atoms with Crippen molar-refractivity contribution in [3.05, 3.63) is 53.3 Å². The molecule has 1 heterocycles. The van der Waals surface area contributed by atoms with E-state index in [9.17, 15) is 22.4 Å². The van der Waals surface area contributed by atoms with E-state index in [1.807, 2.05) is 0 Å². The third kappa shape index (κ3) is 5.40. The molecule has 0 aromatic heterocycles. The van der Waals surface area contributed by atoms with Crippen LogP contribution in [0.1, 0.15) is 6.42 Å². The first kappa shape index (κ1) is 21.4. The molecule has 0 atom stereocenters. The molecule has 0 saturated carbocycles. The zero-order chi connectivity index (χ0) is 21.0. The van der Waals surface area contributed by atoms with Gasteiger partial charge in [-0.15, -0.1) is 0 Å². The second kappa shape index (κ2) is 9.02. The molecule has 29 heavy (non-hydrogen) atoms. The Labute approximate surface area is 176 Å². The first-order chi connectivity index (χ1) is 13.8. The van der Waals surface area contributed by atoms with Crippen molar-refractivity contribution < 1.29 is 22.4 Å². The molecule has 2 aromatic rings. The number of anilines is 2. The number of carbonyl (C=O) groups is 2. The van der Waals surface area contributed by atoms with Gasteiger partial charge in [-0.05, 0) is 30.3 Å². The smallest absolute Gasteiger partial charge is 0.281 e. The molecule has 1 aliphatic heterocycles. The number of hydrogen-bond acceptors (Lipinski definition) is 5. The van der Waals surface area contributed by atoms with Crippen LogP contribution in [0.3, 0.4) is 0 Å². The third-order valence-corrected chi connectivity index (χ3v) is 6.61. The van der Waals surface area contributed by atoms with Gasteiger partial charge >= 0.3 is 0 Å². The SMILES string of the molecule is O=C(CCN1CCSC1=O)Nc1cc(Cl)ccc1NS(=O)(=O)c1ccccc1F. The minimum Gasteiger partial charge on any atom is -0.332 e. The summed E-state index contributed by atoms with van der Waals surface area (Å²) < 4.78 is 41.2. The molecule has 1 fully saturated rings. The Hall–Kier alpha value is -2.30. The highest BCUT2D eigenvalue weighted by atomic mass is 35.5. The predicted octanol–water partition coefficient (Wildman–Crippen LogP) is 3.78. The zero-order valence-electron chi connectivity index (χ0n) is 15.0. The Morgan fingerprint density at radius 3 is 2.66 bits per heavy atom. The van der Waals surface area contributed by atoms with Crippen LogP contribution in [-0.4, -0.2) is 43.3 Å². The summed E-state index contributed by atoms with van der Waals surface area (Å²) in [5.41, 5.74) is 0.170. The summed E-state index contributed by atoms with van der Waals surface area (Å²) in [4.78, 5) is 24.9. The lowest BCUT2D eigenvalue weighted by Crippen LogP contribution is -2.28. The molecular formula is C18H17ClFN3O4S2. The van der Waals surface area contributed by atoms with Crippen molar-refractivity contribution in [1.29, 1.82) is 0 Å². The van der Waals surface area contributed by atoms with Crippen LogP contribution in [0.4, 0.5) is 20.6 Å². The molecule has 154 valence electrons. The van der Waals surface area contributed by atoms with Gasteiger partial charge in [0.1, 0.15) is 10.7 Å². The van der Waals surface area contributed by atoms with E-state index >= 15 is 0 Å². The van der Waals surface area contributed by atoms with E-state index in [2.05, 4.69) is 10.0 Å². The Bertz CT molecular complexity index is 1050. The molecule has 7 nitrogen and oxygen atoms in total. The summed E-state index contributed by atoms with van der Waals surface area (Å²) in [7, 11) is -4.22. The standard InChI is InChI=1S/C18H17ClFN3O4S2/c19-12-5-6-14(22-29(26,27)16-4-2-1-3-13(16)20)15(11-12)21-17(24)7-8-23-9-10-28-18(23)25/h1-6,11,22H,7-10H2,(H,21,24). The number of amides is 2. The maximum Gasteiger partial charge on any atom is 0.281 e. The van der Waals surface area contributed by atoms with Crippen LogP contribution in [0.5, 0.6) is 0 Å². The predicted molar refractivity (Wildman–Crippen MR) is 111 cm³/mol. The van der Waals surface area contributed by atoms with Crippen molar-refractivity contribution in [2.45, 2.75) is 11.3 Å². The molecule has 1 saturated heterocycles. The molecule has 2 N–H and O–H groups in total. The lowest BCUT2D eigenvalue weighted by molar-refractivity contribution is -0.116. The molecule has 0 bridgehead atoms. The molecule has 2 aromatic carbocycles. The highest BCUT2D eigenvalue weighted by Crippen LogP contribution is 2.29. The fourth-order valence-electron chi connectivity index (χ4n) is 2.65. The van der Waals surface area contributed by atoms with Crippen molar-refractivity contribution in [1.82, 2.24) is 4.90 Å². The summed E-state index contributed by atoms with van der Waals surface area (Å²) >= 11 is 7.17. The molecule has 0 unspecified atom stereocenters. The van der Waals surface area contributed by atoms with Crippen LogP contribution in [0.2, 0.25) is 5.02 Å². The summed E-state index contributed by atoms with van der Waals surface area (Å²) in [6.45, 7) is 0.843. The highest BCUT2D eigenvalue weighted by molar-refractivity contribution is 8.13. The van der Waals surface area contributed by atoms with Gasteiger partial charge in [0, 0.05) is 30.3 Å². The van der Waals surface area contributed by atoms with E-state index in [1.54, 1.807) is 4.90 Å². The molecule has 11 heteroatoms. The van der Waals surface area contributed by atoms with Gasteiger partial charge in [0.25, 0.3) is 15.3 Å². The van der Waals surface area contributed by atoms with Crippen molar-refractivity contribution in [3.8, 4) is 0 Å². The molecule has 0 aliphatic carbocycles. The molecule has 1 aliphatic rings. The van der Waals surface area contributed by atoms with Gasteiger partial charge in [-0.2, -0.15) is 0 Å². The van der Waals surface area contributed by atoms with Crippen molar-refractivity contribution in [3.63, 3.8) is 0 Å². The number of nitrogens with zero attached hydrogens (tertiary/aromatic N) is 1. The van der Waals surface area contributed by atoms with E-state index in [-0.39, 0.29) is 34.6 Å². The average Bonchev–Trinajstić information content (AvgIpc) is 3.07. The topological polar surface area (TPSA) is 95.6 Å². The lowest BCUT2D eigenvalue weighted by Gasteiger charge is -2.16. The minimum atomic E-state index is -4.22. The fraction of sp³-hybridized carbons (Fsp3) is 0.222. The summed E-state index contributed by atoms with van der Waals surface area (Å²) in [6, 6.07) is 9.16. The number of carbonyl (C=O) groups excluding carboxylic acids is 2. The Balaban J connectivity index is 1.75. The van der Waals surface area contributed by atoms with Gasteiger partial charge in [-0.1, -0.05) is 35.5 Å². The molecule has 2 amide bonds. The normalized spacial score (nSPS) is 14.1. The van der Waals surface area contributed by atoms with Crippen molar-refractivity contribution >= 4 is 55.9 Å². The minimum absolute atomic E-state index is 0.0400. The molecular weight excluding hydrogens is 441 g/mol. The van der Waals surface area contributed by atoms with E-state index in [4.69, 9.17) is 11.6 Å². The van der Waals surface area contributed by atoms with Gasteiger partial charge < -0.3 is 10.2 Å². The van der Waals surface area contributed by atoms with E-state index in [0.717, 1.165) is 12.1 Å². The summed E-state index contributed by atoms with van der Waals surface area (Å²) in [6.07, 6.45) is 0.0400. The lowest BCUT2D eigenvalue weighted by atomic mass is 10.2. The number of thioether (sulfide) groups is 1. The second-order valence-electron chi connectivity index (χ2n) is 6.13. The van der Waals surface area contributed by atoms with Crippen LogP contribution in [0.25, 0.3) is 0 Å². The highest BCUT2D eigenvalue weighted by Gasteiger charge is 2.23. The Morgan fingerprint density at radius 1 is 1.21 bits per heavy atom. The van der Waals surface area contributed by atoms with Crippen LogP contribution >= 0.6 is 23.4 Å². The third-order valence-electron chi connectivity index (χ3n) is 4.08. The monoisotopic (exact) mass is 457 g/mol. The first-order valence-electron chi connectivity index (χ1n) is 8.55. The number of benzene rings is 2. The number of nitrogens with one attached hydrogen (secondary N) is 2. The number of rotatable bonds is 7. The van der Waals surface area contributed by atoms with Gasteiger partial charge in [0.15, 0.2) is 0 Å². The molecule has 0 spiro atoms. The van der Waals surface area contributed by atoms with Gasteiger partial charge in [0.05, 0.1) is 11.4 Å². The van der Waals surface area contributed by atoms with Crippen molar-refractivity contribution in [2.24, 2.45) is 0 Å². The quantitative estimate of drug-likeness (QED) is 0.659. The zero-order valence-corrected chi connectivity index (χ0v) is 17.4. The van der Waals surface area contributed by atoms with Crippen molar-refractivity contribution in [2.75, 3.05) is 28.9 Å². The fourth-order valence-corrected chi connectivity index (χ4v) is 4.83. The van der Waals surface area contributed by atoms with Gasteiger partial charge in [-0.3, -0.25) is 14.3 Å². The van der Waals surface area contributed by atoms with Gasteiger partial charge in [0.2, 0.25) is 5.91 Å². The number of hydrogen-bond donors (Lipinski definition) is 2. The molecule has 3 rings (SSSR count). The van der Waals surface area contributed by atoms with Crippen LogP contribution in [0.15, 0.2) is 47.4 Å². The van der Waals surface area contributed by atoms with E-state index < -0.39 is 26.6 Å². The largest absolute Gasteiger partial charge is 0.332 e. The van der Waals surface area contributed by atoms with Gasteiger partial charge in [-0.25, -0.2) is 12.8 Å². The maximum absolute atomic E-state index is 13.9. The Kier molecular flexibility index (Phi) is 6.66. The summed E-state index contributed by atoms with van der Waals surface area (Å²) in [5, 5.41) is 2.80.